The van der Waals surface area contributed by atoms with E-state index in [0.717, 1.165) is 5.56 Å². The molecule has 3 aromatic rings. The van der Waals surface area contributed by atoms with Crippen LogP contribution in [0.15, 0.2) is 54.4 Å². The van der Waals surface area contributed by atoms with Crippen LogP contribution in [0.1, 0.15) is 51.4 Å². The molecule has 9 nitrogen and oxygen atoms in total. The number of aliphatic hydroxyl groups excluding tert-OH is 1. The van der Waals surface area contributed by atoms with E-state index in [4.69, 9.17) is 9.47 Å². The molecular weight excluding hydrogens is 462 g/mol. The Morgan fingerprint density at radius 1 is 1.17 bits per heavy atom. The Kier molecular flexibility index (Phi) is 6.91. The van der Waals surface area contributed by atoms with Crippen molar-refractivity contribution in [2.75, 3.05) is 13.7 Å². The molecule has 0 radical (unpaired) electrons. The van der Waals surface area contributed by atoms with Crippen LogP contribution >= 0.6 is 0 Å². The van der Waals surface area contributed by atoms with E-state index in [2.05, 4.69) is 9.97 Å². The normalized spacial score (nSPS) is 16.9. The summed E-state index contributed by atoms with van der Waals surface area (Å²) >= 11 is 0. The van der Waals surface area contributed by atoms with E-state index in [1.165, 1.54) is 12.0 Å². The first-order valence-electron chi connectivity index (χ1n) is 11.5. The molecule has 0 aliphatic carbocycles. The number of pyridine rings is 1. The largest absolute Gasteiger partial charge is 0.507 e. The van der Waals surface area contributed by atoms with Gasteiger partial charge in [-0.3, -0.25) is 14.6 Å². The fraction of sp³-hybridized carbons (Fsp3) is 0.259. The summed E-state index contributed by atoms with van der Waals surface area (Å²) in [6, 6.07) is 9.74. The molecule has 1 aliphatic heterocycles. The van der Waals surface area contributed by atoms with Crippen LogP contribution in [-0.2, 0) is 20.9 Å². The predicted molar refractivity (Wildman–Crippen MR) is 131 cm³/mol. The number of aryl methyl sites for hydroxylation is 1. The molecule has 1 aliphatic rings. The number of H-pyrrole nitrogens is 1. The molecule has 3 heterocycles. The first-order valence-corrected chi connectivity index (χ1v) is 11.5. The summed E-state index contributed by atoms with van der Waals surface area (Å²) < 4.78 is 10.4. The topological polar surface area (TPSA) is 122 Å². The highest BCUT2D eigenvalue weighted by Gasteiger charge is 2.46. The lowest BCUT2D eigenvalue weighted by Crippen LogP contribution is -2.29. The second kappa shape index (κ2) is 10.1. The summed E-state index contributed by atoms with van der Waals surface area (Å²) in [6.45, 7) is 5.80. The summed E-state index contributed by atoms with van der Waals surface area (Å²) in [5.74, 6) is -1.87. The number of Topliss-reactive ketones (excluding diaryl/α,β-unsaturated/α-hetero) is 1. The molecule has 4 rings (SSSR count). The Bertz CT molecular complexity index is 1340. The van der Waals surface area contributed by atoms with Crippen molar-refractivity contribution in [1.82, 2.24) is 14.9 Å². The number of esters is 1. The molecule has 36 heavy (non-hydrogen) atoms. The third kappa shape index (κ3) is 4.35. The van der Waals surface area contributed by atoms with Gasteiger partial charge in [-0.15, -0.1) is 0 Å². The number of hydrogen-bond donors (Lipinski definition) is 2. The Morgan fingerprint density at radius 3 is 2.50 bits per heavy atom. The third-order valence-corrected chi connectivity index (χ3v) is 6.19. The smallest absolute Gasteiger partial charge is 0.354 e. The maximum absolute atomic E-state index is 13.3. The number of carbonyl (C=O) groups is 3. The number of hydrogen-bond acceptors (Lipinski definition) is 7. The number of nitrogens with one attached hydrogen (secondary N) is 1. The fourth-order valence-electron chi connectivity index (χ4n) is 4.54. The van der Waals surface area contributed by atoms with Crippen molar-refractivity contribution in [1.29, 1.82) is 0 Å². The quantitative estimate of drug-likeness (QED) is 0.224. The highest BCUT2D eigenvalue weighted by Crippen LogP contribution is 2.42. The van der Waals surface area contributed by atoms with Crippen molar-refractivity contribution in [3.05, 3.63) is 88.0 Å². The zero-order chi connectivity index (χ0) is 26.0. The fourth-order valence-corrected chi connectivity index (χ4v) is 4.54. The van der Waals surface area contributed by atoms with Crippen LogP contribution in [0.3, 0.4) is 0 Å². The second-order valence-corrected chi connectivity index (χ2v) is 8.41. The molecule has 0 spiro atoms. The average molecular weight is 490 g/mol. The number of carbonyl (C=O) groups excluding carboxylic acids is 3. The van der Waals surface area contributed by atoms with Crippen molar-refractivity contribution < 1.29 is 29.0 Å². The molecule has 1 saturated heterocycles. The van der Waals surface area contributed by atoms with Crippen LogP contribution in [0, 0.1) is 13.8 Å². The Balaban J connectivity index is 1.89. The molecular formula is C27H27N3O6. The van der Waals surface area contributed by atoms with Gasteiger partial charge in [0.05, 0.1) is 25.3 Å². The number of amides is 1. The van der Waals surface area contributed by atoms with Gasteiger partial charge in [0.25, 0.3) is 11.7 Å². The van der Waals surface area contributed by atoms with E-state index in [0.29, 0.717) is 29.2 Å². The number of aromatic nitrogens is 2. The van der Waals surface area contributed by atoms with E-state index >= 15 is 0 Å². The van der Waals surface area contributed by atoms with Crippen LogP contribution in [0.2, 0.25) is 0 Å². The van der Waals surface area contributed by atoms with Gasteiger partial charge >= 0.3 is 5.97 Å². The van der Waals surface area contributed by atoms with Crippen molar-refractivity contribution >= 4 is 23.4 Å². The zero-order valence-electron chi connectivity index (χ0n) is 20.5. The molecule has 9 heteroatoms. The molecule has 2 aromatic heterocycles. The van der Waals surface area contributed by atoms with Gasteiger partial charge in [0.2, 0.25) is 0 Å². The lowest BCUT2D eigenvalue weighted by molar-refractivity contribution is -0.140. The van der Waals surface area contributed by atoms with Crippen molar-refractivity contribution in [3.63, 3.8) is 0 Å². The summed E-state index contributed by atoms with van der Waals surface area (Å²) in [5.41, 5.74) is 2.63. The number of aromatic amines is 1. The molecule has 2 N–H and O–H groups in total. The van der Waals surface area contributed by atoms with E-state index in [-0.39, 0.29) is 29.1 Å². The zero-order valence-corrected chi connectivity index (χ0v) is 20.5. The van der Waals surface area contributed by atoms with Gasteiger partial charge in [0.1, 0.15) is 17.2 Å². The number of rotatable bonds is 7. The minimum Gasteiger partial charge on any atom is -0.507 e. The maximum atomic E-state index is 13.3. The van der Waals surface area contributed by atoms with Gasteiger partial charge in [-0.2, -0.15) is 0 Å². The number of methoxy groups -OCH3 is 1. The lowest BCUT2D eigenvalue weighted by Gasteiger charge is -2.25. The minimum absolute atomic E-state index is 0.0605. The van der Waals surface area contributed by atoms with E-state index in [1.54, 1.807) is 56.6 Å². The molecule has 1 atom stereocenters. The van der Waals surface area contributed by atoms with Gasteiger partial charge in [0, 0.05) is 30.2 Å². The number of aliphatic hydroxyl groups is 1. The molecule has 1 amide bonds. The summed E-state index contributed by atoms with van der Waals surface area (Å²) in [5, 5.41) is 11.5. The minimum atomic E-state index is -0.865. The number of nitrogens with zero attached hydrogens (tertiary/aromatic N) is 2. The molecule has 186 valence electrons. The SMILES string of the molecule is CCOc1ccc(C2/C(=C(\O)c3c(C)[nH]c(C(=O)OC)c3C)C(=O)C(=O)N2Cc2cccnc2)cc1. The van der Waals surface area contributed by atoms with Crippen LogP contribution in [-0.4, -0.2) is 51.4 Å². The molecule has 0 saturated carbocycles. The highest BCUT2D eigenvalue weighted by molar-refractivity contribution is 6.46. The van der Waals surface area contributed by atoms with Gasteiger partial charge in [0.15, 0.2) is 0 Å². The highest BCUT2D eigenvalue weighted by atomic mass is 16.5. The van der Waals surface area contributed by atoms with Crippen LogP contribution in [0.25, 0.3) is 5.76 Å². The van der Waals surface area contributed by atoms with Gasteiger partial charge in [-0.25, -0.2) is 4.79 Å². The summed E-state index contributed by atoms with van der Waals surface area (Å²) in [6.07, 6.45) is 3.25. The first-order chi connectivity index (χ1) is 17.3. The van der Waals surface area contributed by atoms with Crippen molar-refractivity contribution in [3.8, 4) is 5.75 Å². The lowest BCUT2D eigenvalue weighted by atomic mass is 9.94. The molecule has 1 fully saturated rings. The Labute approximate surface area is 208 Å². The van der Waals surface area contributed by atoms with Crippen molar-refractivity contribution in [2.24, 2.45) is 0 Å². The molecule has 1 aromatic carbocycles. The van der Waals surface area contributed by atoms with Crippen LogP contribution in [0.5, 0.6) is 5.75 Å². The number of benzene rings is 1. The van der Waals surface area contributed by atoms with Crippen LogP contribution < -0.4 is 4.74 Å². The van der Waals surface area contributed by atoms with Crippen LogP contribution in [0.4, 0.5) is 0 Å². The number of likely N-dealkylation sites (tertiary alicyclic amines) is 1. The predicted octanol–water partition coefficient (Wildman–Crippen LogP) is 3.83. The van der Waals surface area contributed by atoms with E-state index < -0.39 is 23.7 Å². The van der Waals surface area contributed by atoms with Gasteiger partial charge in [-0.1, -0.05) is 18.2 Å². The number of ketones is 1. The summed E-state index contributed by atoms with van der Waals surface area (Å²) in [4.78, 5) is 47.2. The monoisotopic (exact) mass is 489 g/mol. The average Bonchev–Trinajstić information content (AvgIpc) is 3.32. The molecule has 1 unspecified atom stereocenters. The van der Waals surface area contributed by atoms with Gasteiger partial charge in [-0.05, 0) is 55.7 Å². The Hall–Kier alpha value is -4.40. The van der Waals surface area contributed by atoms with E-state index in [1.807, 2.05) is 13.0 Å². The van der Waals surface area contributed by atoms with Crippen molar-refractivity contribution in [2.45, 2.75) is 33.4 Å². The van der Waals surface area contributed by atoms with Gasteiger partial charge < -0.3 is 24.5 Å². The maximum Gasteiger partial charge on any atom is 0.354 e. The third-order valence-electron chi connectivity index (χ3n) is 6.19. The molecule has 0 bridgehead atoms. The summed E-state index contributed by atoms with van der Waals surface area (Å²) in [7, 11) is 1.26. The Morgan fingerprint density at radius 2 is 1.89 bits per heavy atom. The van der Waals surface area contributed by atoms with E-state index in [9.17, 15) is 19.5 Å². The first kappa shape index (κ1) is 24.7. The standard InChI is InChI=1S/C27H27N3O6/c1-5-36-19-10-8-18(9-11-19)23-21(24(31)20-15(2)22(27(34)35-4)29-16(20)3)25(32)26(33)30(23)14-17-7-6-12-28-13-17/h6-13,23,29,31H,5,14H2,1-4H3/b24-21+. The number of ether oxygens (including phenoxy) is 2. The second-order valence-electron chi connectivity index (χ2n) is 8.41.